The van der Waals surface area contributed by atoms with Crippen LogP contribution in [0.3, 0.4) is 0 Å². The highest BCUT2D eigenvalue weighted by Crippen LogP contribution is 2.32. The fraction of sp³-hybridized carbons (Fsp3) is 0.600. The SMILES string of the molecule is Cc1ccc(Cl)c(C(=O)N2CCC(=O)N(CC3CC3)[C@H](C(C)C)C2)c1. The maximum atomic E-state index is 13.1. The van der Waals surface area contributed by atoms with Gasteiger partial charge < -0.3 is 9.80 Å². The Hall–Kier alpha value is -1.55. The number of halogens is 1. The van der Waals surface area contributed by atoms with Crippen molar-refractivity contribution < 1.29 is 9.59 Å². The highest BCUT2D eigenvalue weighted by molar-refractivity contribution is 6.33. The third-order valence-corrected chi connectivity index (χ3v) is 5.61. The maximum absolute atomic E-state index is 13.1. The summed E-state index contributed by atoms with van der Waals surface area (Å²) in [6.07, 6.45) is 2.83. The zero-order chi connectivity index (χ0) is 18.1. The molecule has 1 aliphatic heterocycles. The fourth-order valence-electron chi connectivity index (χ4n) is 3.52. The number of carbonyl (C=O) groups excluding carboxylic acids is 2. The molecule has 1 heterocycles. The largest absolute Gasteiger partial charge is 0.337 e. The smallest absolute Gasteiger partial charge is 0.255 e. The topological polar surface area (TPSA) is 40.6 Å². The van der Waals surface area contributed by atoms with E-state index in [0.29, 0.717) is 41.9 Å². The second-order valence-corrected chi connectivity index (χ2v) is 8.19. The first-order valence-electron chi connectivity index (χ1n) is 9.21. The van der Waals surface area contributed by atoms with Crippen LogP contribution in [0.5, 0.6) is 0 Å². The van der Waals surface area contributed by atoms with Crippen LogP contribution in [0, 0.1) is 18.8 Å². The molecule has 1 aromatic carbocycles. The molecule has 2 aliphatic rings. The predicted octanol–water partition coefficient (Wildman–Crippen LogP) is 3.76. The summed E-state index contributed by atoms with van der Waals surface area (Å²) in [6, 6.07) is 5.58. The zero-order valence-electron chi connectivity index (χ0n) is 15.3. The van der Waals surface area contributed by atoms with Crippen LogP contribution in [0.25, 0.3) is 0 Å². The highest BCUT2D eigenvalue weighted by Gasteiger charge is 2.37. The van der Waals surface area contributed by atoms with Crippen LogP contribution in [0.4, 0.5) is 0 Å². The van der Waals surface area contributed by atoms with Crippen molar-refractivity contribution in [1.29, 1.82) is 0 Å². The summed E-state index contributed by atoms with van der Waals surface area (Å²) in [4.78, 5) is 29.6. The molecule has 0 aromatic heterocycles. The van der Waals surface area contributed by atoms with E-state index < -0.39 is 0 Å². The Morgan fingerprint density at radius 1 is 1.32 bits per heavy atom. The van der Waals surface area contributed by atoms with Gasteiger partial charge in [0.05, 0.1) is 16.6 Å². The minimum atomic E-state index is -0.0691. The fourth-order valence-corrected chi connectivity index (χ4v) is 3.72. The van der Waals surface area contributed by atoms with Gasteiger partial charge in [-0.3, -0.25) is 9.59 Å². The van der Waals surface area contributed by atoms with Crippen LogP contribution in [-0.2, 0) is 4.79 Å². The lowest BCUT2D eigenvalue weighted by Gasteiger charge is -2.35. The molecule has 0 unspecified atom stereocenters. The van der Waals surface area contributed by atoms with Gasteiger partial charge in [0.2, 0.25) is 5.91 Å². The molecular weight excluding hydrogens is 336 g/mol. The maximum Gasteiger partial charge on any atom is 0.255 e. The Bertz CT molecular complexity index is 670. The Morgan fingerprint density at radius 3 is 2.68 bits per heavy atom. The summed E-state index contributed by atoms with van der Waals surface area (Å²) in [5.41, 5.74) is 1.54. The number of hydrogen-bond donors (Lipinski definition) is 0. The third kappa shape index (κ3) is 4.17. The van der Waals surface area contributed by atoms with E-state index in [1.165, 1.54) is 12.8 Å². The van der Waals surface area contributed by atoms with Gasteiger partial charge in [-0.25, -0.2) is 0 Å². The van der Waals surface area contributed by atoms with Crippen molar-refractivity contribution in [3.63, 3.8) is 0 Å². The average Bonchev–Trinajstić information content (AvgIpc) is 3.39. The van der Waals surface area contributed by atoms with E-state index in [-0.39, 0.29) is 17.9 Å². The number of rotatable bonds is 4. The second-order valence-electron chi connectivity index (χ2n) is 7.79. The number of carbonyl (C=O) groups is 2. The van der Waals surface area contributed by atoms with E-state index in [0.717, 1.165) is 12.1 Å². The van der Waals surface area contributed by atoms with Gasteiger partial charge in [0.25, 0.3) is 5.91 Å². The third-order valence-electron chi connectivity index (χ3n) is 5.28. The number of benzene rings is 1. The monoisotopic (exact) mass is 362 g/mol. The second kappa shape index (κ2) is 7.36. The minimum absolute atomic E-state index is 0.0691. The summed E-state index contributed by atoms with van der Waals surface area (Å²) in [6.45, 7) is 8.10. The Morgan fingerprint density at radius 2 is 2.04 bits per heavy atom. The van der Waals surface area contributed by atoms with Crippen molar-refractivity contribution in [2.45, 2.75) is 46.1 Å². The van der Waals surface area contributed by atoms with Gasteiger partial charge in [-0.05, 0) is 43.7 Å². The lowest BCUT2D eigenvalue weighted by molar-refractivity contribution is -0.133. The van der Waals surface area contributed by atoms with Gasteiger partial charge in [0.1, 0.15) is 0 Å². The molecule has 0 radical (unpaired) electrons. The van der Waals surface area contributed by atoms with Crippen molar-refractivity contribution in [3.05, 3.63) is 34.3 Å². The molecule has 1 aromatic rings. The first kappa shape index (κ1) is 18.2. The summed E-state index contributed by atoms with van der Waals surface area (Å²) in [5.74, 6) is 1.07. The van der Waals surface area contributed by atoms with Crippen LogP contribution in [0.15, 0.2) is 18.2 Å². The Balaban J connectivity index is 1.83. The van der Waals surface area contributed by atoms with Crippen LogP contribution in [0.2, 0.25) is 5.02 Å². The quantitative estimate of drug-likeness (QED) is 0.818. The lowest BCUT2D eigenvalue weighted by atomic mass is 10.0. The van der Waals surface area contributed by atoms with Gasteiger partial charge in [-0.1, -0.05) is 37.1 Å². The van der Waals surface area contributed by atoms with Crippen LogP contribution in [0.1, 0.15) is 49.0 Å². The highest BCUT2D eigenvalue weighted by atomic mass is 35.5. The molecule has 25 heavy (non-hydrogen) atoms. The van der Waals surface area contributed by atoms with Crippen LogP contribution >= 0.6 is 11.6 Å². The lowest BCUT2D eigenvalue weighted by Crippen LogP contribution is -2.48. The predicted molar refractivity (Wildman–Crippen MR) is 99.8 cm³/mol. The molecule has 5 heteroatoms. The molecule has 2 amide bonds. The van der Waals surface area contributed by atoms with Gasteiger partial charge in [0, 0.05) is 26.1 Å². The first-order valence-corrected chi connectivity index (χ1v) is 9.59. The minimum Gasteiger partial charge on any atom is -0.337 e. The molecule has 0 N–H and O–H groups in total. The number of aryl methyl sites for hydroxylation is 1. The zero-order valence-corrected chi connectivity index (χ0v) is 16.1. The summed E-state index contributed by atoms with van der Waals surface area (Å²) in [7, 11) is 0. The molecule has 1 atom stereocenters. The molecule has 1 saturated heterocycles. The molecule has 0 spiro atoms. The molecule has 4 nitrogen and oxygen atoms in total. The Labute approximate surface area is 155 Å². The number of amides is 2. The van der Waals surface area contributed by atoms with E-state index in [2.05, 4.69) is 13.8 Å². The molecule has 1 saturated carbocycles. The van der Waals surface area contributed by atoms with Crippen molar-refractivity contribution in [2.24, 2.45) is 11.8 Å². The van der Waals surface area contributed by atoms with E-state index >= 15 is 0 Å². The average molecular weight is 363 g/mol. The molecule has 0 bridgehead atoms. The molecule has 1 aliphatic carbocycles. The normalized spacial score (nSPS) is 21.6. The van der Waals surface area contributed by atoms with E-state index in [9.17, 15) is 9.59 Å². The summed E-state index contributed by atoms with van der Waals surface area (Å²) >= 11 is 6.26. The molecule has 3 rings (SSSR count). The molecule has 136 valence electrons. The number of nitrogens with zero attached hydrogens (tertiary/aromatic N) is 2. The van der Waals surface area contributed by atoms with Gasteiger partial charge >= 0.3 is 0 Å². The van der Waals surface area contributed by atoms with E-state index in [1.54, 1.807) is 6.07 Å². The standard InChI is InChI=1S/C20H27ClN2O2/c1-13(2)18-12-22(9-8-19(24)23(18)11-15-5-6-15)20(25)16-10-14(3)4-7-17(16)21/h4,7,10,13,15,18H,5-6,8-9,11-12H2,1-3H3/t18-/m0/s1. The van der Waals surface area contributed by atoms with Gasteiger partial charge in [-0.2, -0.15) is 0 Å². The van der Waals surface area contributed by atoms with Crippen molar-refractivity contribution >= 4 is 23.4 Å². The molecular formula is C20H27ClN2O2. The van der Waals surface area contributed by atoms with Gasteiger partial charge in [0.15, 0.2) is 0 Å². The first-order chi connectivity index (χ1) is 11.9. The summed E-state index contributed by atoms with van der Waals surface area (Å²) in [5, 5.41) is 0.474. The van der Waals surface area contributed by atoms with Gasteiger partial charge in [-0.15, -0.1) is 0 Å². The van der Waals surface area contributed by atoms with Crippen molar-refractivity contribution in [3.8, 4) is 0 Å². The molecule has 2 fully saturated rings. The summed E-state index contributed by atoms with van der Waals surface area (Å²) < 4.78 is 0. The van der Waals surface area contributed by atoms with Crippen LogP contribution in [-0.4, -0.2) is 47.3 Å². The Kier molecular flexibility index (Phi) is 5.38. The van der Waals surface area contributed by atoms with Crippen LogP contribution < -0.4 is 0 Å². The van der Waals surface area contributed by atoms with E-state index in [4.69, 9.17) is 11.6 Å². The number of hydrogen-bond acceptors (Lipinski definition) is 2. The van der Waals surface area contributed by atoms with E-state index in [1.807, 2.05) is 28.9 Å². The van der Waals surface area contributed by atoms with Crippen molar-refractivity contribution in [1.82, 2.24) is 9.80 Å². The van der Waals surface area contributed by atoms with Crippen molar-refractivity contribution in [2.75, 3.05) is 19.6 Å².